The lowest BCUT2D eigenvalue weighted by Crippen LogP contribution is -2.12. The first-order valence-corrected chi connectivity index (χ1v) is 6.69. The van der Waals surface area contributed by atoms with Crippen LogP contribution in [0.5, 0.6) is 0 Å². The molecule has 0 aliphatic carbocycles. The van der Waals surface area contributed by atoms with Gasteiger partial charge in [0.2, 0.25) is 0 Å². The van der Waals surface area contributed by atoms with Crippen LogP contribution >= 0.6 is 11.8 Å². The molecule has 4 nitrogen and oxygen atoms in total. The van der Waals surface area contributed by atoms with Gasteiger partial charge in [-0.1, -0.05) is 36.0 Å². The number of ether oxygens (including phenoxy) is 2. The van der Waals surface area contributed by atoms with Crippen molar-refractivity contribution in [2.24, 2.45) is 0 Å². The lowest BCUT2D eigenvalue weighted by atomic mass is 10.2. The Kier molecular flexibility index (Phi) is 6.59. The van der Waals surface area contributed by atoms with E-state index in [2.05, 4.69) is 6.58 Å². The first-order valence-electron chi connectivity index (χ1n) is 5.87. The fourth-order valence-corrected chi connectivity index (χ4v) is 2.45. The minimum absolute atomic E-state index is 0.213. The van der Waals surface area contributed by atoms with Gasteiger partial charge in [-0.05, 0) is 18.6 Å². The number of hydrogen-bond acceptors (Lipinski definition) is 5. The van der Waals surface area contributed by atoms with Crippen molar-refractivity contribution in [3.05, 3.63) is 53.5 Å². The molecule has 0 N–H and O–H groups in total. The number of carbonyl (C=O) groups excluding carboxylic acids is 2. The molecule has 0 spiro atoms. The third-order valence-corrected chi connectivity index (χ3v) is 3.51. The summed E-state index contributed by atoms with van der Waals surface area (Å²) in [6.45, 7) is 3.59. The molecule has 0 radical (unpaired) electrons. The number of esters is 2. The Bertz CT molecular complexity index is 520. The van der Waals surface area contributed by atoms with Gasteiger partial charge in [0.05, 0.1) is 19.8 Å². The van der Waals surface area contributed by atoms with Crippen molar-refractivity contribution in [1.29, 1.82) is 0 Å². The Hall–Kier alpha value is -2.01. The van der Waals surface area contributed by atoms with Crippen LogP contribution < -0.4 is 0 Å². The molecule has 0 atom stereocenters. The summed E-state index contributed by atoms with van der Waals surface area (Å²) in [5.41, 5.74) is 0.239. The maximum Gasteiger partial charge on any atom is 0.345 e. The van der Waals surface area contributed by atoms with Crippen molar-refractivity contribution >= 4 is 23.7 Å². The fraction of sp³-hybridized carbons (Fsp3) is 0.200. The predicted molar refractivity (Wildman–Crippen MR) is 78.2 cm³/mol. The molecule has 1 aromatic rings. The van der Waals surface area contributed by atoms with Crippen LogP contribution in [0.4, 0.5) is 0 Å². The first-order chi connectivity index (χ1) is 9.63. The Labute approximate surface area is 122 Å². The van der Waals surface area contributed by atoms with Crippen molar-refractivity contribution < 1.29 is 19.1 Å². The summed E-state index contributed by atoms with van der Waals surface area (Å²) in [7, 11) is 2.55. The monoisotopic (exact) mass is 292 g/mol. The van der Waals surface area contributed by atoms with E-state index in [4.69, 9.17) is 9.47 Å². The van der Waals surface area contributed by atoms with E-state index in [9.17, 15) is 9.59 Å². The van der Waals surface area contributed by atoms with Gasteiger partial charge >= 0.3 is 11.9 Å². The summed E-state index contributed by atoms with van der Waals surface area (Å²) in [5.74, 6) is -1.13. The molecule has 0 fully saturated rings. The number of methoxy groups -OCH3 is 2. The maximum atomic E-state index is 11.9. The number of hydrogen-bond donors (Lipinski definition) is 0. The molecule has 20 heavy (non-hydrogen) atoms. The van der Waals surface area contributed by atoms with Crippen molar-refractivity contribution in [1.82, 2.24) is 0 Å². The van der Waals surface area contributed by atoms with Gasteiger partial charge in [-0.2, -0.15) is 0 Å². The van der Waals surface area contributed by atoms with Crippen LogP contribution in [-0.2, 0) is 19.1 Å². The standard InChI is InChI=1S/C15H16O4S/c1-4-8-12(14(16)18-2)13(15(17)19-3)20-11-9-6-5-7-10-11/h4-7,9-10H,1,8H2,2-3H3. The molecule has 0 saturated carbocycles. The minimum atomic E-state index is -0.568. The van der Waals surface area contributed by atoms with E-state index in [1.165, 1.54) is 26.0 Å². The van der Waals surface area contributed by atoms with Gasteiger partial charge < -0.3 is 9.47 Å². The summed E-state index contributed by atoms with van der Waals surface area (Å²) in [4.78, 5) is 24.8. The van der Waals surface area contributed by atoms with Crippen LogP contribution in [0.3, 0.4) is 0 Å². The molecule has 0 aliphatic heterocycles. The third-order valence-electron chi connectivity index (χ3n) is 2.39. The van der Waals surface area contributed by atoms with Gasteiger partial charge in [0.15, 0.2) is 0 Å². The Morgan fingerprint density at radius 1 is 1.15 bits per heavy atom. The third kappa shape index (κ3) is 4.28. The molecule has 0 bridgehead atoms. The van der Waals surface area contributed by atoms with E-state index >= 15 is 0 Å². The van der Waals surface area contributed by atoms with Crippen molar-refractivity contribution in [2.75, 3.05) is 14.2 Å². The number of allylic oxidation sites excluding steroid dienone is 1. The zero-order chi connectivity index (χ0) is 15.0. The highest BCUT2D eigenvalue weighted by Gasteiger charge is 2.22. The molecular formula is C15H16O4S. The smallest absolute Gasteiger partial charge is 0.345 e. The zero-order valence-corrected chi connectivity index (χ0v) is 12.2. The second-order valence-electron chi connectivity index (χ2n) is 3.70. The second kappa shape index (κ2) is 8.22. The summed E-state index contributed by atoms with van der Waals surface area (Å²) >= 11 is 1.17. The molecule has 0 aliphatic rings. The lowest BCUT2D eigenvalue weighted by molar-refractivity contribution is -0.138. The Morgan fingerprint density at radius 3 is 2.25 bits per heavy atom. The Balaban J connectivity index is 3.23. The van der Waals surface area contributed by atoms with Crippen LogP contribution in [-0.4, -0.2) is 26.2 Å². The van der Waals surface area contributed by atoms with Gasteiger partial charge in [0.25, 0.3) is 0 Å². The largest absolute Gasteiger partial charge is 0.466 e. The number of thioether (sulfide) groups is 1. The van der Waals surface area contributed by atoms with Gasteiger partial charge in [-0.3, -0.25) is 0 Å². The highest BCUT2D eigenvalue weighted by molar-refractivity contribution is 8.04. The number of rotatable bonds is 6. The summed E-state index contributed by atoms with van der Waals surface area (Å²) in [6.07, 6.45) is 1.78. The lowest BCUT2D eigenvalue weighted by Gasteiger charge is -2.10. The van der Waals surface area contributed by atoms with Gasteiger partial charge in [0, 0.05) is 4.90 Å². The molecule has 1 aromatic carbocycles. The maximum absolute atomic E-state index is 11.9. The summed E-state index contributed by atoms with van der Waals surface area (Å²) in [5, 5.41) is 0. The molecule has 1 rings (SSSR count). The fourth-order valence-electron chi connectivity index (χ4n) is 1.46. The van der Waals surface area contributed by atoms with E-state index in [0.29, 0.717) is 0 Å². The topological polar surface area (TPSA) is 52.6 Å². The normalized spacial score (nSPS) is 11.3. The van der Waals surface area contributed by atoms with Crippen molar-refractivity contribution in [3.63, 3.8) is 0 Å². The van der Waals surface area contributed by atoms with Crippen LogP contribution in [0, 0.1) is 0 Å². The van der Waals surface area contributed by atoms with Gasteiger partial charge in [-0.25, -0.2) is 9.59 Å². The van der Waals surface area contributed by atoms with Gasteiger partial charge in [0.1, 0.15) is 4.91 Å². The van der Waals surface area contributed by atoms with Crippen LogP contribution in [0.25, 0.3) is 0 Å². The first kappa shape index (κ1) is 16.0. The van der Waals surface area contributed by atoms with E-state index in [-0.39, 0.29) is 16.9 Å². The molecule has 5 heteroatoms. The van der Waals surface area contributed by atoms with Crippen molar-refractivity contribution in [2.45, 2.75) is 11.3 Å². The average molecular weight is 292 g/mol. The molecule has 0 heterocycles. The summed E-state index contributed by atoms with van der Waals surface area (Å²) < 4.78 is 9.46. The molecular weight excluding hydrogens is 276 g/mol. The minimum Gasteiger partial charge on any atom is -0.466 e. The number of benzene rings is 1. The quantitative estimate of drug-likeness (QED) is 0.349. The van der Waals surface area contributed by atoms with Crippen LogP contribution in [0.2, 0.25) is 0 Å². The molecule has 0 amide bonds. The number of carbonyl (C=O) groups is 2. The average Bonchev–Trinajstić information content (AvgIpc) is 2.50. The van der Waals surface area contributed by atoms with E-state index < -0.39 is 11.9 Å². The zero-order valence-electron chi connectivity index (χ0n) is 11.4. The van der Waals surface area contributed by atoms with Crippen LogP contribution in [0.1, 0.15) is 6.42 Å². The molecule has 0 saturated heterocycles. The SMILES string of the molecule is C=CCC(C(=O)OC)=C(Sc1ccccc1)C(=O)OC. The molecule has 0 unspecified atom stereocenters. The molecule has 0 aromatic heterocycles. The highest BCUT2D eigenvalue weighted by atomic mass is 32.2. The van der Waals surface area contributed by atoms with Crippen LogP contribution in [0.15, 0.2) is 58.4 Å². The van der Waals surface area contributed by atoms with E-state index in [0.717, 1.165) is 4.90 Å². The van der Waals surface area contributed by atoms with Gasteiger partial charge in [-0.15, -0.1) is 6.58 Å². The van der Waals surface area contributed by atoms with E-state index in [1.54, 1.807) is 6.08 Å². The highest BCUT2D eigenvalue weighted by Crippen LogP contribution is 2.31. The summed E-state index contributed by atoms with van der Waals surface area (Å²) in [6, 6.07) is 9.26. The van der Waals surface area contributed by atoms with Crippen molar-refractivity contribution in [3.8, 4) is 0 Å². The second-order valence-corrected chi connectivity index (χ2v) is 4.78. The molecule has 106 valence electrons. The Morgan fingerprint density at radius 2 is 1.75 bits per heavy atom. The predicted octanol–water partition coefficient (Wildman–Crippen LogP) is 2.95. The van der Waals surface area contributed by atoms with E-state index in [1.807, 2.05) is 30.3 Å².